The predicted molar refractivity (Wildman–Crippen MR) is 113 cm³/mol. The van der Waals surface area contributed by atoms with E-state index in [2.05, 4.69) is 67.9 Å². The summed E-state index contributed by atoms with van der Waals surface area (Å²) in [5.74, 6) is 0.612. The van der Waals surface area contributed by atoms with Crippen molar-refractivity contribution in [2.45, 2.75) is 46.3 Å². The number of rotatable bonds is 8. The fraction of sp³-hybridized carbons (Fsp3) is 0.348. The Morgan fingerprint density at radius 2 is 1.81 bits per heavy atom. The van der Waals surface area contributed by atoms with Gasteiger partial charge in [-0.3, -0.25) is 4.79 Å². The van der Waals surface area contributed by atoms with Crippen molar-refractivity contribution in [1.29, 1.82) is 0 Å². The first-order valence-electron chi connectivity index (χ1n) is 9.54. The van der Waals surface area contributed by atoms with Crippen LogP contribution < -0.4 is 0 Å². The van der Waals surface area contributed by atoms with Crippen LogP contribution in [0.2, 0.25) is 0 Å². The number of thiophene rings is 1. The second-order valence-corrected chi connectivity index (χ2v) is 8.41. The fourth-order valence-corrected chi connectivity index (χ4v) is 3.88. The average Bonchev–Trinajstić information content (AvgIpc) is 3.32. The van der Waals surface area contributed by atoms with Gasteiger partial charge in [0, 0.05) is 29.4 Å². The second-order valence-electron chi connectivity index (χ2n) is 7.38. The van der Waals surface area contributed by atoms with Gasteiger partial charge in [-0.25, -0.2) is 0 Å². The van der Waals surface area contributed by atoms with Gasteiger partial charge >= 0.3 is 0 Å². The molecule has 0 aliphatic heterocycles. The van der Waals surface area contributed by atoms with Gasteiger partial charge in [-0.15, -0.1) is 11.3 Å². The quantitative estimate of drug-likeness (QED) is 0.526. The van der Waals surface area contributed by atoms with Crippen molar-refractivity contribution in [2.24, 2.45) is 5.92 Å². The maximum Gasteiger partial charge on any atom is 0.228 e. The molecule has 2 heterocycles. The molecular weight excluding hydrogens is 352 g/mol. The maximum atomic E-state index is 13.1. The molecule has 1 unspecified atom stereocenters. The van der Waals surface area contributed by atoms with E-state index in [-0.39, 0.29) is 11.9 Å². The van der Waals surface area contributed by atoms with Gasteiger partial charge in [0.25, 0.3) is 0 Å². The van der Waals surface area contributed by atoms with Crippen LogP contribution in [0.1, 0.15) is 36.9 Å². The highest BCUT2D eigenvalue weighted by molar-refractivity contribution is 7.10. The van der Waals surface area contributed by atoms with E-state index in [4.69, 9.17) is 0 Å². The first-order chi connectivity index (χ1) is 13.0. The number of hydrogen-bond donors (Lipinski definition) is 0. The zero-order valence-corrected chi connectivity index (χ0v) is 17.2. The molecule has 0 radical (unpaired) electrons. The Labute approximate surface area is 166 Å². The summed E-state index contributed by atoms with van der Waals surface area (Å²) in [7, 11) is 0. The summed E-state index contributed by atoms with van der Waals surface area (Å²) >= 11 is 1.65. The fourth-order valence-electron chi connectivity index (χ4n) is 3.18. The van der Waals surface area contributed by atoms with E-state index >= 15 is 0 Å². The molecule has 2 aromatic heterocycles. The van der Waals surface area contributed by atoms with Crippen LogP contribution in [0.4, 0.5) is 0 Å². The van der Waals surface area contributed by atoms with E-state index in [1.54, 1.807) is 11.3 Å². The molecule has 0 saturated heterocycles. The molecule has 0 fully saturated rings. The lowest BCUT2D eigenvalue weighted by Gasteiger charge is -2.32. The Morgan fingerprint density at radius 3 is 2.48 bits per heavy atom. The zero-order chi connectivity index (χ0) is 19.2. The number of nitrogens with zero attached hydrogens (tertiary/aromatic N) is 2. The molecular formula is C23H28N2OS. The Balaban J connectivity index is 1.78. The van der Waals surface area contributed by atoms with E-state index in [0.717, 1.165) is 11.4 Å². The molecule has 1 atom stereocenters. The van der Waals surface area contributed by atoms with Gasteiger partial charge in [0.1, 0.15) is 0 Å². The maximum absolute atomic E-state index is 13.1. The number of amides is 1. The minimum absolute atomic E-state index is 0.192. The summed E-state index contributed by atoms with van der Waals surface area (Å²) in [6.45, 7) is 7.98. The normalized spacial score (nSPS) is 12.3. The van der Waals surface area contributed by atoms with Crippen LogP contribution in [0.25, 0.3) is 0 Å². The molecule has 0 bridgehead atoms. The van der Waals surface area contributed by atoms with Crippen molar-refractivity contribution < 1.29 is 4.79 Å². The summed E-state index contributed by atoms with van der Waals surface area (Å²) < 4.78 is 2.24. The summed E-state index contributed by atoms with van der Waals surface area (Å²) in [5.41, 5.74) is 2.44. The lowest BCUT2D eigenvalue weighted by molar-refractivity contribution is -0.134. The van der Waals surface area contributed by atoms with Gasteiger partial charge in [0.2, 0.25) is 5.91 Å². The van der Waals surface area contributed by atoms with Crippen LogP contribution in [-0.2, 0) is 24.3 Å². The minimum Gasteiger partial charge on any atom is -0.345 e. The lowest BCUT2D eigenvalue weighted by atomic mass is 10.0. The van der Waals surface area contributed by atoms with E-state index in [0.29, 0.717) is 18.9 Å². The van der Waals surface area contributed by atoms with Crippen LogP contribution >= 0.6 is 11.3 Å². The molecule has 1 aromatic carbocycles. The molecule has 0 aliphatic carbocycles. The van der Waals surface area contributed by atoms with Gasteiger partial charge in [-0.2, -0.15) is 0 Å². The van der Waals surface area contributed by atoms with Gasteiger partial charge in [-0.1, -0.05) is 50.2 Å². The molecule has 3 nitrogen and oxygen atoms in total. The molecule has 0 saturated carbocycles. The number of carbonyl (C=O) groups excluding carboxylic acids is 1. The summed E-state index contributed by atoms with van der Waals surface area (Å²) in [5, 5.41) is 2.03. The number of benzene rings is 1. The van der Waals surface area contributed by atoms with E-state index < -0.39 is 0 Å². The molecule has 3 rings (SSSR count). The highest BCUT2D eigenvalue weighted by atomic mass is 32.1. The van der Waals surface area contributed by atoms with Crippen LogP contribution in [0.5, 0.6) is 0 Å². The van der Waals surface area contributed by atoms with Crippen LogP contribution in [0, 0.1) is 5.92 Å². The van der Waals surface area contributed by atoms with Gasteiger partial charge in [0.05, 0.1) is 13.0 Å². The summed E-state index contributed by atoms with van der Waals surface area (Å²) in [6.07, 6.45) is 2.58. The van der Waals surface area contributed by atoms with Gasteiger partial charge in [0.15, 0.2) is 0 Å². The third-order valence-electron chi connectivity index (χ3n) is 5.13. The number of carbonyl (C=O) groups is 1. The number of aromatic nitrogens is 1. The second kappa shape index (κ2) is 9.05. The van der Waals surface area contributed by atoms with Gasteiger partial charge in [-0.05, 0) is 42.0 Å². The molecule has 27 heavy (non-hydrogen) atoms. The molecule has 1 amide bonds. The molecule has 142 valence electrons. The van der Waals surface area contributed by atoms with E-state index in [9.17, 15) is 4.79 Å². The Bertz CT molecular complexity index is 836. The van der Waals surface area contributed by atoms with Crippen LogP contribution in [0.15, 0.2) is 66.2 Å². The molecule has 0 N–H and O–H groups in total. The highest BCUT2D eigenvalue weighted by Crippen LogP contribution is 2.19. The molecule has 0 spiro atoms. The SMILES string of the molecule is CC(C)C(C)N(Cc1cccn1Cc1ccccc1)C(=O)Cc1cccs1. The summed E-state index contributed by atoms with van der Waals surface area (Å²) in [4.78, 5) is 16.2. The standard InChI is InChI=1S/C23H28N2OS/c1-18(2)19(3)25(23(26)15-22-12-8-14-27-22)17-21-11-7-13-24(21)16-20-9-5-4-6-10-20/h4-14,18-19H,15-17H2,1-3H3. The first kappa shape index (κ1) is 19.4. The molecule has 4 heteroatoms. The summed E-state index contributed by atoms with van der Waals surface area (Å²) in [6, 6.07) is 18.9. The topological polar surface area (TPSA) is 25.2 Å². The predicted octanol–water partition coefficient (Wildman–Crippen LogP) is 5.21. The van der Waals surface area contributed by atoms with Gasteiger partial charge < -0.3 is 9.47 Å². The Kier molecular flexibility index (Phi) is 6.51. The largest absolute Gasteiger partial charge is 0.345 e. The first-order valence-corrected chi connectivity index (χ1v) is 10.4. The van der Waals surface area contributed by atoms with Crippen LogP contribution in [-0.4, -0.2) is 21.4 Å². The van der Waals surface area contributed by atoms with Crippen LogP contribution in [0.3, 0.4) is 0 Å². The Morgan fingerprint density at radius 1 is 1.04 bits per heavy atom. The third-order valence-corrected chi connectivity index (χ3v) is 6.01. The Hall–Kier alpha value is -2.33. The monoisotopic (exact) mass is 380 g/mol. The van der Waals surface area contributed by atoms with E-state index in [1.807, 2.05) is 28.5 Å². The highest BCUT2D eigenvalue weighted by Gasteiger charge is 2.24. The average molecular weight is 381 g/mol. The van der Waals surface area contributed by atoms with Crippen molar-refractivity contribution in [3.63, 3.8) is 0 Å². The zero-order valence-electron chi connectivity index (χ0n) is 16.3. The van der Waals surface area contributed by atoms with E-state index in [1.165, 1.54) is 11.3 Å². The van der Waals surface area contributed by atoms with Crippen molar-refractivity contribution >= 4 is 17.2 Å². The third kappa shape index (κ3) is 5.10. The van der Waals surface area contributed by atoms with Crippen molar-refractivity contribution in [3.8, 4) is 0 Å². The minimum atomic E-state index is 0.192. The smallest absolute Gasteiger partial charge is 0.228 e. The molecule has 0 aliphatic rings. The molecule has 3 aromatic rings. The number of hydrogen-bond acceptors (Lipinski definition) is 2. The van der Waals surface area contributed by atoms with Crippen molar-refractivity contribution in [1.82, 2.24) is 9.47 Å². The lowest BCUT2D eigenvalue weighted by Crippen LogP contribution is -2.42. The van der Waals surface area contributed by atoms with Crippen molar-refractivity contribution in [2.75, 3.05) is 0 Å². The van der Waals surface area contributed by atoms with Crippen molar-refractivity contribution in [3.05, 3.63) is 82.3 Å².